The summed E-state index contributed by atoms with van der Waals surface area (Å²) < 4.78 is 21.3. The van der Waals surface area contributed by atoms with E-state index in [-0.39, 0.29) is 29.1 Å². The van der Waals surface area contributed by atoms with Gasteiger partial charge in [-0.15, -0.1) is 0 Å². The van der Waals surface area contributed by atoms with Gasteiger partial charge in [-0.25, -0.2) is 14.4 Å². The Morgan fingerprint density at radius 3 is 1.59 bits per heavy atom. The third kappa shape index (κ3) is 8.90. The van der Waals surface area contributed by atoms with Crippen molar-refractivity contribution in [2.75, 3.05) is 0 Å². The van der Waals surface area contributed by atoms with Crippen LogP contribution in [0.25, 0.3) is 11.1 Å². The van der Waals surface area contributed by atoms with E-state index in [0.717, 1.165) is 11.1 Å². The van der Waals surface area contributed by atoms with Gasteiger partial charge < -0.3 is 18.9 Å². The van der Waals surface area contributed by atoms with Crippen LogP contribution in [0.5, 0.6) is 23.0 Å². The molecule has 41 heavy (non-hydrogen) atoms. The zero-order valence-electron chi connectivity index (χ0n) is 23.2. The van der Waals surface area contributed by atoms with E-state index in [9.17, 15) is 19.2 Å². The van der Waals surface area contributed by atoms with Gasteiger partial charge >= 0.3 is 23.9 Å². The maximum atomic E-state index is 12.4. The molecule has 0 spiro atoms. The van der Waals surface area contributed by atoms with Crippen molar-refractivity contribution in [1.29, 1.82) is 0 Å². The minimum atomic E-state index is -0.667. The number of ether oxygens (including phenoxy) is 4. The first-order valence-electron chi connectivity index (χ1n) is 12.6. The highest BCUT2D eigenvalue weighted by Gasteiger charge is 2.16. The van der Waals surface area contributed by atoms with Crippen molar-refractivity contribution in [1.82, 2.24) is 0 Å². The molecule has 0 saturated carbocycles. The predicted octanol–water partition coefficient (Wildman–Crippen LogP) is 6.34. The summed E-state index contributed by atoms with van der Waals surface area (Å²) in [5.41, 5.74) is 2.96. The van der Waals surface area contributed by atoms with Crippen LogP contribution >= 0.6 is 0 Å². The van der Waals surface area contributed by atoms with Crippen molar-refractivity contribution in [2.45, 2.75) is 33.6 Å². The van der Waals surface area contributed by atoms with E-state index in [2.05, 4.69) is 19.7 Å². The Labute approximate surface area is 238 Å². The molecule has 8 nitrogen and oxygen atoms in total. The Kier molecular flexibility index (Phi) is 10.1. The SMILES string of the molecule is C=C(C)C(=O)Oc1ccc(CCC(=O)Oc2ccc(-c3ccc(OC(=O)C(=C)C)c(OC(=O)C(=C)C)c3)cc2)cc1. The van der Waals surface area contributed by atoms with Crippen LogP contribution in [0.15, 0.2) is 103 Å². The Bertz CT molecular complexity index is 1510. The summed E-state index contributed by atoms with van der Waals surface area (Å²) >= 11 is 0. The first-order chi connectivity index (χ1) is 19.4. The second-order valence-electron chi connectivity index (χ2n) is 9.31. The van der Waals surface area contributed by atoms with Gasteiger partial charge in [-0.05, 0) is 80.3 Å². The highest BCUT2D eigenvalue weighted by Crippen LogP contribution is 2.34. The lowest BCUT2D eigenvalue weighted by molar-refractivity contribution is -0.134. The molecular weight excluding hydrogens is 524 g/mol. The molecule has 0 atom stereocenters. The average Bonchev–Trinajstić information content (AvgIpc) is 2.93. The molecule has 0 amide bonds. The van der Waals surface area contributed by atoms with Crippen LogP contribution < -0.4 is 18.9 Å². The van der Waals surface area contributed by atoms with Crippen molar-refractivity contribution < 1.29 is 38.1 Å². The Morgan fingerprint density at radius 2 is 1.02 bits per heavy atom. The number of carbonyl (C=O) groups is 4. The van der Waals surface area contributed by atoms with Crippen LogP contribution in [0.2, 0.25) is 0 Å². The summed E-state index contributed by atoms with van der Waals surface area (Å²) in [6.07, 6.45) is 0.591. The Hall–Kier alpha value is -5.24. The molecule has 210 valence electrons. The fourth-order valence-electron chi connectivity index (χ4n) is 3.29. The van der Waals surface area contributed by atoms with E-state index in [1.54, 1.807) is 67.6 Å². The molecule has 0 radical (unpaired) electrons. The summed E-state index contributed by atoms with van der Waals surface area (Å²) in [4.78, 5) is 48.2. The number of hydrogen-bond donors (Lipinski definition) is 0. The molecule has 0 aliphatic heterocycles. The molecule has 0 aliphatic rings. The van der Waals surface area contributed by atoms with Gasteiger partial charge in [0.25, 0.3) is 0 Å². The second-order valence-corrected chi connectivity index (χ2v) is 9.31. The van der Waals surface area contributed by atoms with Crippen molar-refractivity contribution in [3.05, 3.63) is 109 Å². The van der Waals surface area contributed by atoms with Crippen LogP contribution in [0.3, 0.4) is 0 Å². The molecule has 0 aromatic heterocycles. The van der Waals surface area contributed by atoms with Gasteiger partial charge in [0.2, 0.25) is 0 Å². The maximum Gasteiger partial charge on any atom is 0.338 e. The molecule has 8 heteroatoms. The van der Waals surface area contributed by atoms with E-state index in [4.69, 9.17) is 18.9 Å². The first kappa shape index (κ1) is 30.3. The molecular formula is C33H30O8. The van der Waals surface area contributed by atoms with Crippen molar-refractivity contribution in [2.24, 2.45) is 0 Å². The van der Waals surface area contributed by atoms with Gasteiger partial charge in [0.05, 0.1) is 0 Å². The average molecular weight is 555 g/mol. The van der Waals surface area contributed by atoms with E-state index >= 15 is 0 Å². The first-order valence-corrected chi connectivity index (χ1v) is 12.6. The molecule has 0 N–H and O–H groups in total. The number of carbonyl (C=O) groups excluding carboxylic acids is 4. The minimum Gasteiger partial charge on any atom is -0.427 e. The third-order valence-electron chi connectivity index (χ3n) is 5.57. The lowest BCUT2D eigenvalue weighted by Gasteiger charge is -2.13. The molecule has 0 aliphatic carbocycles. The molecule has 0 fully saturated rings. The van der Waals surface area contributed by atoms with Gasteiger partial charge in [-0.3, -0.25) is 4.79 Å². The summed E-state index contributed by atoms with van der Waals surface area (Å²) in [5.74, 6) is -1.37. The van der Waals surface area contributed by atoms with E-state index in [0.29, 0.717) is 29.1 Å². The minimum absolute atomic E-state index is 0.0441. The second kappa shape index (κ2) is 13.7. The standard InChI is InChI=1S/C33H30O8/c1-20(2)31(35)39-27-13-7-23(8-14-27)9-18-30(34)38-26-15-10-24(11-16-26)25-12-17-28(40-32(36)21(3)4)29(19-25)41-33(37)22(5)6/h7-8,10-17,19H,1,3,5,9,18H2,2,4,6H3. The normalized spacial score (nSPS) is 10.2. The topological polar surface area (TPSA) is 105 Å². The molecule has 0 saturated heterocycles. The number of rotatable bonds is 11. The lowest BCUT2D eigenvalue weighted by atomic mass is 10.0. The third-order valence-corrected chi connectivity index (χ3v) is 5.57. The quantitative estimate of drug-likeness (QED) is 0.154. The van der Waals surface area contributed by atoms with Gasteiger partial charge in [0.15, 0.2) is 11.5 Å². The maximum absolute atomic E-state index is 12.4. The predicted molar refractivity (Wildman–Crippen MR) is 154 cm³/mol. The lowest BCUT2D eigenvalue weighted by Crippen LogP contribution is -2.12. The van der Waals surface area contributed by atoms with Crippen molar-refractivity contribution >= 4 is 23.9 Å². The van der Waals surface area contributed by atoms with Crippen molar-refractivity contribution in [3.63, 3.8) is 0 Å². The summed E-state index contributed by atoms with van der Waals surface area (Å²) in [6, 6.07) is 18.4. The van der Waals surface area contributed by atoms with Crippen LogP contribution in [0.4, 0.5) is 0 Å². The fourth-order valence-corrected chi connectivity index (χ4v) is 3.29. The summed E-state index contributed by atoms with van der Waals surface area (Å²) in [6.45, 7) is 15.3. The largest absolute Gasteiger partial charge is 0.427 e. The molecule has 3 rings (SSSR count). The monoisotopic (exact) mass is 554 g/mol. The summed E-state index contributed by atoms with van der Waals surface area (Å²) in [5, 5.41) is 0. The molecule has 3 aromatic carbocycles. The summed E-state index contributed by atoms with van der Waals surface area (Å²) in [7, 11) is 0. The van der Waals surface area contributed by atoms with E-state index < -0.39 is 23.9 Å². The van der Waals surface area contributed by atoms with Gasteiger partial charge in [-0.2, -0.15) is 0 Å². The highest BCUT2D eigenvalue weighted by molar-refractivity contribution is 5.91. The Balaban J connectivity index is 1.64. The molecule has 3 aromatic rings. The van der Waals surface area contributed by atoms with Crippen LogP contribution in [0, 0.1) is 0 Å². The van der Waals surface area contributed by atoms with Gasteiger partial charge in [0.1, 0.15) is 11.5 Å². The number of hydrogen-bond acceptors (Lipinski definition) is 8. The zero-order chi connectivity index (χ0) is 30.1. The van der Waals surface area contributed by atoms with Crippen molar-refractivity contribution in [3.8, 4) is 34.1 Å². The van der Waals surface area contributed by atoms with E-state index in [1.165, 1.54) is 19.9 Å². The molecule has 0 bridgehead atoms. The smallest absolute Gasteiger partial charge is 0.338 e. The number of aryl methyl sites for hydroxylation is 1. The molecule has 0 heterocycles. The Morgan fingerprint density at radius 1 is 0.561 bits per heavy atom. The van der Waals surface area contributed by atoms with E-state index in [1.807, 2.05) is 0 Å². The van der Waals surface area contributed by atoms with Crippen LogP contribution in [0.1, 0.15) is 32.8 Å². The van der Waals surface area contributed by atoms with Gasteiger partial charge in [-0.1, -0.05) is 50.1 Å². The number of benzene rings is 3. The van der Waals surface area contributed by atoms with Gasteiger partial charge in [0, 0.05) is 23.1 Å². The number of esters is 4. The fraction of sp³-hybridized carbons (Fsp3) is 0.152. The van der Waals surface area contributed by atoms with Crippen LogP contribution in [-0.4, -0.2) is 23.9 Å². The van der Waals surface area contributed by atoms with Crippen LogP contribution in [-0.2, 0) is 25.6 Å². The molecule has 0 unspecified atom stereocenters. The zero-order valence-corrected chi connectivity index (χ0v) is 23.2. The highest BCUT2D eigenvalue weighted by atomic mass is 16.6.